The maximum absolute atomic E-state index is 10.8. The van der Waals surface area contributed by atoms with Crippen LogP contribution in [0.1, 0.15) is 12.5 Å². The molecule has 0 spiro atoms. The molecule has 0 atom stereocenters. The third kappa shape index (κ3) is 1.38. The summed E-state index contributed by atoms with van der Waals surface area (Å²) in [6.45, 7) is 1.70. The Labute approximate surface area is 85.5 Å². The van der Waals surface area contributed by atoms with Crippen molar-refractivity contribution in [3.8, 4) is 0 Å². The van der Waals surface area contributed by atoms with Crippen molar-refractivity contribution in [1.29, 1.82) is 0 Å². The lowest BCUT2D eigenvalue weighted by Gasteiger charge is -1.98. The smallest absolute Gasteiger partial charge is 0.270 e. The van der Waals surface area contributed by atoms with E-state index in [4.69, 9.17) is 0 Å². The molecule has 1 radical (unpaired) electrons. The van der Waals surface area contributed by atoms with Gasteiger partial charge in [0.2, 0.25) is 0 Å². The van der Waals surface area contributed by atoms with Gasteiger partial charge in [-0.15, -0.1) is 0 Å². The fraction of sp³-hybridized carbons (Fsp3) is 0.100. The lowest BCUT2D eigenvalue weighted by Crippen LogP contribution is -1.91. The zero-order valence-electron chi connectivity index (χ0n) is 7.93. The van der Waals surface area contributed by atoms with E-state index in [1.165, 1.54) is 12.1 Å². The summed E-state index contributed by atoms with van der Waals surface area (Å²) in [5, 5.41) is 21.3. The van der Waals surface area contributed by atoms with E-state index in [9.17, 15) is 15.2 Å². The van der Waals surface area contributed by atoms with Gasteiger partial charge in [-0.2, -0.15) is 0 Å². The summed E-state index contributed by atoms with van der Waals surface area (Å²) < 4.78 is 0. The average Bonchev–Trinajstić information content (AvgIpc) is 2.51. The Bertz CT molecular complexity index is 503. The maximum atomic E-state index is 10.8. The van der Waals surface area contributed by atoms with E-state index in [-0.39, 0.29) is 5.69 Å². The minimum Gasteiger partial charge on any atom is -0.298 e. The fourth-order valence-corrected chi connectivity index (χ4v) is 1.54. The largest absolute Gasteiger partial charge is 0.298 e. The van der Waals surface area contributed by atoms with Crippen LogP contribution in [-0.4, -0.2) is 10.6 Å². The molecule has 1 aromatic carbocycles. The quantitative estimate of drug-likeness (QED) is 0.399. The first-order valence-corrected chi connectivity index (χ1v) is 4.30. The summed E-state index contributed by atoms with van der Waals surface area (Å²) in [4.78, 5) is 14.2. The summed E-state index contributed by atoms with van der Waals surface area (Å²) in [5.41, 5.74) is 2.14. The first-order chi connectivity index (χ1) is 7.13. The van der Waals surface area contributed by atoms with E-state index in [1.54, 1.807) is 13.0 Å². The van der Waals surface area contributed by atoms with E-state index >= 15 is 0 Å². The first-order valence-electron chi connectivity index (χ1n) is 4.30. The molecule has 1 aromatic rings. The number of aliphatic imine (C=N–C) groups is 1. The molecule has 0 amide bonds. The van der Waals surface area contributed by atoms with Crippen LogP contribution in [0.2, 0.25) is 0 Å². The van der Waals surface area contributed by atoms with E-state index in [1.807, 2.05) is 0 Å². The van der Waals surface area contributed by atoms with Crippen LogP contribution < -0.4 is 0 Å². The minimum atomic E-state index is -0.490. The van der Waals surface area contributed by atoms with Gasteiger partial charge in [0, 0.05) is 29.0 Å². The van der Waals surface area contributed by atoms with E-state index in [0.29, 0.717) is 28.8 Å². The molecule has 0 unspecified atom stereocenters. The zero-order chi connectivity index (χ0) is 11.0. The monoisotopic (exact) mass is 203 g/mol. The Morgan fingerprint density at radius 2 is 2.20 bits per heavy atom. The molecule has 0 aromatic heterocycles. The molecule has 0 N–H and O–H groups in total. The average molecular weight is 203 g/mol. The predicted octanol–water partition coefficient (Wildman–Crippen LogP) is 2.47. The number of benzene rings is 1. The first kappa shape index (κ1) is 9.39. The lowest BCUT2D eigenvalue weighted by molar-refractivity contribution is -0.384. The highest BCUT2D eigenvalue weighted by Crippen LogP contribution is 2.36. The number of rotatable bonds is 1. The van der Waals surface area contributed by atoms with Gasteiger partial charge in [0.25, 0.3) is 5.69 Å². The minimum absolute atomic E-state index is 0.0296. The summed E-state index contributed by atoms with van der Waals surface area (Å²) in [5.74, 6) is 0. The van der Waals surface area contributed by atoms with Crippen molar-refractivity contribution in [3.63, 3.8) is 0 Å². The summed E-state index contributed by atoms with van der Waals surface area (Å²) >= 11 is 0. The maximum Gasteiger partial charge on any atom is 0.270 e. The van der Waals surface area contributed by atoms with Crippen molar-refractivity contribution in [2.75, 3.05) is 0 Å². The van der Waals surface area contributed by atoms with Crippen molar-refractivity contribution in [3.05, 3.63) is 40.1 Å². The van der Waals surface area contributed by atoms with Gasteiger partial charge in [-0.25, -0.2) is 0 Å². The van der Waals surface area contributed by atoms with Gasteiger partial charge in [0.05, 0.1) is 10.6 Å². The fourth-order valence-electron chi connectivity index (χ4n) is 1.54. The predicted molar refractivity (Wildman–Crippen MR) is 54.5 cm³/mol. The highest BCUT2D eigenvalue weighted by Gasteiger charge is 2.21. The Morgan fingerprint density at radius 1 is 1.47 bits per heavy atom. The molecular weight excluding hydrogens is 196 g/mol. The van der Waals surface area contributed by atoms with Crippen molar-refractivity contribution < 1.29 is 10.0 Å². The Hall–Kier alpha value is -2.17. The second-order valence-electron chi connectivity index (χ2n) is 3.19. The van der Waals surface area contributed by atoms with Crippen LogP contribution in [-0.2, 0) is 5.11 Å². The number of allylic oxidation sites excluding steroid dienone is 1. The highest BCUT2D eigenvalue weighted by atomic mass is 16.6. The second kappa shape index (κ2) is 3.20. The number of fused-ring (bicyclic) bond motifs is 1. The third-order valence-electron chi connectivity index (χ3n) is 2.28. The molecule has 0 aliphatic carbocycles. The van der Waals surface area contributed by atoms with Gasteiger partial charge >= 0.3 is 0 Å². The Morgan fingerprint density at radius 3 is 2.80 bits per heavy atom. The molecular formula is C10H7N2O3. The number of nitro groups is 1. The highest BCUT2D eigenvalue weighted by molar-refractivity contribution is 6.27. The van der Waals surface area contributed by atoms with Crippen LogP contribution in [0.3, 0.4) is 0 Å². The standard InChI is InChI=1S/C10H7N2O3/c1-6-9(5-13)8-4-7(12(14)15)2-3-10(8)11-6/h2-5H,1H3. The Balaban J connectivity index is 2.59. The normalized spacial score (nSPS) is 16.3. The number of hydrogen-bond donors (Lipinski definition) is 0. The van der Waals surface area contributed by atoms with Gasteiger partial charge in [-0.1, -0.05) is 0 Å². The van der Waals surface area contributed by atoms with Gasteiger partial charge in [-0.3, -0.25) is 20.2 Å². The molecule has 15 heavy (non-hydrogen) atoms. The molecule has 75 valence electrons. The molecule has 0 bridgehead atoms. The number of nitro benzene ring substituents is 1. The molecule has 5 heteroatoms. The van der Waals surface area contributed by atoms with Gasteiger partial charge in [0.1, 0.15) is 0 Å². The van der Waals surface area contributed by atoms with Crippen LogP contribution in [0.25, 0.3) is 5.57 Å². The van der Waals surface area contributed by atoms with Crippen LogP contribution >= 0.6 is 0 Å². The third-order valence-corrected chi connectivity index (χ3v) is 2.28. The molecule has 0 saturated carbocycles. The van der Waals surface area contributed by atoms with E-state index in [0.717, 1.165) is 0 Å². The molecule has 1 aliphatic heterocycles. The van der Waals surface area contributed by atoms with Crippen LogP contribution in [0.4, 0.5) is 11.4 Å². The molecule has 2 rings (SSSR count). The summed E-state index contributed by atoms with van der Waals surface area (Å²) in [7, 11) is 0. The topological polar surface area (TPSA) is 75.4 Å². The molecule has 5 nitrogen and oxygen atoms in total. The van der Waals surface area contributed by atoms with Gasteiger partial charge in [0.15, 0.2) is 6.26 Å². The molecule has 0 fully saturated rings. The van der Waals surface area contributed by atoms with E-state index < -0.39 is 4.92 Å². The number of nitrogens with zero attached hydrogens (tertiary/aromatic N) is 2. The zero-order valence-corrected chi connectivity index (χ0v) is 7.93. The number of hydrogen-bond acceptors (Lipinski definition) is 3. The second-order valence-corrected chi connectivity index (χ2v) is 3.19. The summed E-state index contributed by atoms with van der Waals surface area (Å²) in [6.07, 6.45) is 0.675. The van der Waals surface area contributed by atoms with Gasteiger partial charge < -0.3 is 0 Å². The lowest BCUT2D eigenvalue weighted by atomic mass is 10.0. The molecule has 1 heterocycles. The van der Waals surface area contributed by atoms with Crippen molar-refractivity contribution >= 4 is 22.7 Å². The summed E-state index contributed by atoms with van der Waals surface area (Å²) in [6, 6.07) is 4.30. The van der Waals surface area contributed by atoms with Crippen LogP contribution in [0.15, 0.2) is 29.5 Å². The Kier molecular flexibility index (Phi) is 2.00. The molecule has 1 aliphatic rings. The molecule has 0 saturated heterocycles. The SMILES string of the molecule is CC1=Nc2ccc([N+](=O)[O-])cc2C1=C[O]. The van der Waals surface area contributed by atoms with Crippen LogP contribution in [0.5, 0.6) is 0 Å². The van der Waals surface area contributed by atoms with Crippen LogP contribution in [0, 0.1) is 10.1 Å². The van der Waals surface area contributed by atoms with Crippen molar-refractivity contribution in [1.82, 2.24) is 0 Å². The number of non-ortho nitro benzene ring substituents is 1. The van der Waals surface area contributed by atoms with E-state index in [2.05, 4.69) is 4.99 Å². The van der Waals surface area contributed by atoms with Gasteiger partial charge in [-0.05, 0) is 13.0 Å². The van der Waals surface area contributed by atoms with Crippen molar-refractivity contribution in [2.24, 2.45) is 4.99 Å². The van der Waals surface area contributed by atoms with Crippen molar-refractivity contribution in [2.45, 2.75) is 6.92 Å².